The summed E-state index contributed by atoms with van der Waals surface area (Å²) in [6, 6.07) is -3.20. The summed E-state index contributed by atoms with van der Waals surface area (Å²) in [5.74, 6) is 0. The monoisotopic (exact) mass is 304 g/mol. The lowest BCUT2D eigenvalue weighted by Gasteiger charge is -2.22. The van der Waals surface area contributed by atoms with Gasteiger partial charge in [0.1, 0.15) is 0 Å². The summed E-state index contributed by atoms with van der Waals surface area (Å²) >= 11 is 0. The molecular formula is C13H19F3N4O. The van der Waals surface area contributed by atoms with Crippen LogP contribution in [0.5, 0.6) is 0 Å². The van der Waals surface area contributed by atoms with Gasteiger partial charge in [0, 0.05) is 24.8 Å². The Morgan fingerprint density at radius 3 is 2.62 bits per heavy atom. The van der Waals surface area contributed by atoms with E-state index in [1.165, 1.54) is 17.9 Å². The van der Waals surface area contributed by atoms with E-state index in [1.807, 2.05) is 12.2 Å². The topological polar surface area (TPSA) is 59.0 Å². The van der Waals surface area contributed by atoms with Crippen LogP contribution in [-0.2, 0) is 7.05 Å². The van der Waals surface area contributed by atoms with Crippen LogP contribution in [0.25, 0.3) is 0 Å². The standard InChI is InChI=1S/C13H19F3N4O/c1-4-6-10(5-2)18-12(21)19-11(13(14,15)16)9-7-17-20(3)8-9/h4,7-8,10-11H,1,5-6H2,2-3H3,(H2,18,19,21)/t10-,11-/m0/s1. The van der Waals surface area contributed by atoms with E-state index in [0.717, 1.165) is 6.20 Å². The minimum atomic E-state index is -4.60. The van der Waals surface area contributed by atoms with Crippen LogP contribution in [0, 0.1) is 0 Å². The largest absolute Gasteiger partial charge is 0.413 e. The van der Waals surface area contributed by atoms with Gasteiger partial charge in [-0.15, -0.1) is 6.58 Å². The molecule has 0 aliphatic carbocycles. The van der Waals surface area contributed by atoms with E-state index in [1.54, 1.807) is 6.08 Å². The van der Waals surface area contributed by atoms with E-state index in [4.69, 9.17) is 0 Å². The van der Waals surface area contributed by atoms with Crippen LogP contribution in [0.2, 0.25) is 0 Å². The molecule has 2 atom stereocenters. The van der Waals surface area contributed by atoms with Gasteiger partial charge in [-0.3, -0.25) is 4.68 Å². The minimum absolute atomic E-state index is 0.114. The third-order valence-corrected chi connectivity index (χ3v) is 2.94. The maximum atomic E-state index is 13.0. The summed E-state index contributed by atoms with van der Waals surface area (Å²) in [5.41, 5.74) is -0.114. The Kier molecular flexibility index (Phi) is 5.80. The first-order valence-electron chi connectivity index (χ1n) is 6.51. The summed E-state index contributed by atoms with van der Waals surface area (Å²) in [5, 5.41) is 8.14. The number of nitrogens with zero attached hydrogens (tertiary/aromatic N) is 2. The molecule has 1 aromatic heterocycles. The fraction of sp³-hybridized carbons (Fsp3) is 0.538. The van der Waals surface area contributed by atoms with Crippen molar-refractivity contribution in [2.24, 2.45) is 7.05 Å². The van der Waals surface area contributed by atoms with Gasteiger partial charge in [0.2, 0.25) is 0 Å². The van der Waals surface area contributed by atoms with E-state index in [-0.39, 0.29) is 11.6 Å². The van der Waals surface area contributed by atoms with Crippen molar-refractivity contribution >= 4 is 6.03 Å². The molecule has 0 saturated heterocycles. The fourth-order valence-electron chi connectivity index (χ4n) is 1.83. The van der Waals surface area contributed by atoms with E-state index < -0.39 is 18.2 Å². The fourth-order valence-corrected chi connectivity index (χ4v) is 1.83. The molecule has 2 amide bonds. The Morgan fingerprint density at radius 2 is 2.19 bits per heavy atom. The third-order valence-electron chi connectivity index (χ3n) is 2.94. The number of halogens is 3. The zero-order valence-electron chi connectivity index (χ0n) is 11.9. The van der Waals surface area contributed by atoms with Gasteiger partial charge < -0.3 is 10.6 Å². The first-order valence-corrected chi connectivity index (χ1v) is 6.51. The molecule has 0 fully saturated rings. The Labute approximate surface area is 121 Å². The molecule has 118 valence electrons. The highest BCUT2D eigenvalue weighted by Gasteiger charge is 2.42. The first kappa shape index (κ1) is 17.1. The predicted octanol–water partition coefficient (Wildman–Crippen LogP) is 2.68. The van der Waals surface area contributed by atoms with Crippen LogP contribution >= 0.6 is 0 Å². The highest BCUT2D eigenvalue weighted by Crippen LogP contribution is 2.32. The van der Waals surface area contributed by atoms with Crippen LogP contribution in [0.15, 0.2) is 25.0 Å². The normalized spacial score (nSPS) is 14.3. The van der Waals surface area contributed by atoms with E-state index >= 15 is 0 Å². The van der Waals surface area contributed by atoms with Gasteiger partial charge in [-0.1, -0.05) is 13.0 Å². The summed E-state index contributed by atoms with van der Waals surface area (Å²) in [6.07, 6.45) is 0.410. The lowest BCUT2D eigenvalue weighted by molar-refractivity contribution is -0.155. The number of urea groups is 1. The third kappa shape index (κ3) is 5.13. The Bertz CT molecular complexity index is 484. The number of carbonyl (C=O) groups excluding carboxylic acids is 1. The average molecular weight is 304 g/mol. The smallest absolute Gasteiger partial charge is 0.335 e. The number of nitrogens with one attached hydrogen (secondary N) is 2. The lowest BCUT2D eigenvalue weighted by Crippen LogP contribution is -2.46. The molecule has 0 radical (unpaired) electrons. The number of aryl methyl sites for hydroxylation is 1. The SMILES string of the molecule is C=CC[C@H](CC)NC(=O)N[C@@H](c1cnn(C)c1)C(F)(F)F. The average Bonchev–Trinajstić information content (AvgIpc) is 2.80. The molecule has 5 nitrogen and oxygen atoms in total. The van der Waals surface area contributed by atoms with Gasteiger partial charge in [0.05, 0.1) is 6.20 Å². The molecule has 1 heterocycles. The second-order valence-electron chi connectivity index (χ2n) is 4.67. The van der Waals surface area contributed by atoms with Crippen LogP contribution in [-0.4, -0.2) is 28.0 Å². The van der Waals surface area contributed by atoms with Gasteiger partial charge in [-0.05, 0) is 12.8 Å². The Balaban J connectivity index is 2.78. The molecule has 0 aliphatic rings. The van der Waals surface area contributed by atoms with Crippen LogP contribution < -0.4 is 10.6 Å². The van der Waals surface area contributed by atoms with Crippen molar-refractivity contribution in [1.29, 1.82) is 0 Å². The molecule has 21 heavy (non-hydrogen) atoms. The van der Waals surface area contributed by atoms with Crippen molar-refractivity contribution < 1.29 is 18.0 Å². The molecule has 0 aromatic carbocycles. The molecule has 0 bridgehead atoms. The highest BCUT2D eigenvalue weighted by molar-refractivity contribution is 5.74. The van der Waals surface area contributed by atoms with Crippen molar-refractivity contribution in [1.82, 2.24) is 20.4 Å². The molecule has 0 saturated carbocycles. The molecule has 8 heteroatoms. The molecule has 0 unspecified atom stereocenters. The van der Waals surface area contributed by atoms with Gasteiger partial charge in [0.25, 0.3) is 0 Å². The van der Waals surface area contributed by atoms with E-state index in [2.05, 4.69) is 17.0 Å². The van der Waals surface area contributed by atoms with Gasteiger partial charge in [-0.2, -0.15) is 18.3 Å². The van der Waals surface area contributed by atoms with Gasteiger partial charge >= 0.3 is 12.2 Å². The van der Waals surface area contributed by atoms with Crippen LogP contribution in [0.3, 0.4) is 0 Å². The number of rotatable bonds is 6. The highest BCUT2D eigenvalue weighted by atomic mass is 19.4. The van der Waals surface area contributed by atoms with E-state index in [9.17, 15) is 18.0 Å². The molecular weight excluding hydrogens is 285 g/mol. The maximum absolute atomic E-state index is 13.0. The zero-order valence-corrected chi connectivity index (χ0v) is 11.9. The summed E-state index contributed by atoms with van der Waals surface area (Å²) in [7, 11) is 1.51. The number of carbonyl (C=O) groups is 1. The Morgan fingerprint density at radius 1 is 1.52 bits per heavy atom. The first-order chi connectivity index (χ1) is 9.77. The van der Waals surface area contributed by atoms with E-state index in [0.29, 0.717) is 12.8 Å². The van der Waals surface area contributed by atoms with Gasteiger partial charge in [-0.25, -0.2) is 4.79 Å². The van der Waals surface area contributed by atoms with Crippen molar-refractivity contribution in [2.45, 2.75) is 38.0 Å². The van der Waals surface area contributed by atoms with Crippen LogP contribution in [0.1, 0.15) is 31.4 Å². The molecule has 1 rings (SSSR count). The summed E-state index contributed by atoms with van der Waals surface area (Å²) in [4.78, 5) is 11.7. The van der Waals surface area contributed by atoms with Crippen molar-refractivity contribution in [2.75, 3.05) is 0 Å². The number of hydrogen-bond acceptors (Lipinski definition) is 2. The summed E-state index contributed by atoms with van der Waals surface area (Å²) < 4.78 is 40.4. The minimum Gasteiger partial charge on any atom is -0.335 e. The zero-order chi connectivity index (χ0) is 16.0. The number of alkyl halides is 3. The predicted molar refractivity (Wildman–Crippen MR) is 72.6 cm³/mol. The van der Waals surface area contributed by atoms with Gasteiger partial charge in [0.15, 0.2) is 6.04 Å². The number of amides is 2. The number of hydrogen-bond donors (Lipinski definition) is 2. The lowest BCUT2D eigenvalue weighted by atomic mass is 10.1. The number of aromatic nitrogens is 2. The second-order valence-corrected chi connectivity index (χ2v) is 4.67. The molecule has 1 aromatic rings. The maximum Gasteiger partial charge on any atom is 0.413 e. The van der Waals surface area contributed by atoms with Crippen LogP contribution in [0.4, 0.5) is 18.0 Å². The second kappa shape index (κ2) is 7.14. The molecule has 0 spiro atoms. The molecule has 2 N–H and O–H groups in total. The summed E-state index contributed by atoms with van der Waals surface area (Å²) in [6.45, 7) is 5.37. The van der Waals surface area contributed by atoms with Crippen molar-refractivity contribution in [3.63, 3.8) is 0 Å². The quantitative estimate of drug-likeness (QED) is 0.794. The van der Waals surface area contributed by atoms with Crippen molar-refractivity contribution in [3.05, 3.63) is 30.6 Å². The Hall–Kier alpha value is -1.99. The molecule has 0 aliphatic heterocycles. The van der Waals surface area contributed by atoms with Crippen molar-refractivity contribution in [3.8, 4) is 0 Å².